The molecule has 0 saturated carbocycles. The lowest BCUT2D eigenvalue weighted by molar-refractivity contribution is 0.627. The second-order valence-corrected chi connectivity index (χ2v) is 7.32. The molecule has 0 radical (unpaired) electrons. The summed E-state index contributed by atoms with van der Waals surface area (Å²) < 4.78 is 14.7. The van der Waals surface area contributed by atoms with Gasteiger partial charge in [0.25, 0.3) is 5.56 Å². The van der Waals surface area contributed by atoms with Crippen molar-refractivity contribution in [3.05, 3.63) is 122 Å². The number of aryl methyl sites for hydroxylation is 1. The molecule has 1 heterocycles. The number of aromatic amines is 1. The first kappa shape index (κ1) is 19.9. The molecule has 0 fully saturated rings. The van der Waals surface area contributed by atoms with Gasteiger partial charge >= 0.3 is 0 Å². The van der Waals surface area contributed by atoms with Gasteiger partial charge in [0.15, 0.2) is 0 Å². The van der Waals surface area contributed by atoms with Crippen LogP contribution in [-0.2, 0) is 6.54 Å². The van der Waals surface area contributed by atoms with Gasteiger partial charge in [-0.15, -0.1) is 0 Å². The first-order valence-corrected chi connectivity index (χ1v) is 9.83. The van der Waals surface area contributed by atoms with Gasteiger partial charge in [-0.2, -0.15) is 0 Å². The number of benzene rings is 3. The van der Waals surface area contributed by atoms with E-state index in [0.29, 0.717) is 28.5 Å². The smallest absolute Gasteiger partial charge is 0.280 e. The molecule has 1 aromatic heterocycles. The molecule has 0 aliphatic heterocycles. The summed E-state index contributed by atoms with van der Waals surface area (Å²) in [5.74, 6) is -0.298. The number of para-hydroxylation sites is 1. The lowest BCUT2D eigenvalue weighted by Gasteiger charge is -2.07. The zero-order chi connectivity index (χ0) is 21.1. The lowest BCUT2D eigenvalue weighted by Crippen LogP contribution is -2.21. The van der Waals surface area contributed by atoms with Crippen molar-refractivity contribution in [2.24, 2.45) is 4.99 Å². The minimum Gasteiger partial charge on any atom is -0.295 e. The van der Waals surface area contributed by atoms with Crippen molar-refractivity contribution in [2.75, 3.05) is 0 Å². The summed E-state index contributed by atoms with van der Waals surface area (Å²) in [6.45, 7) is 2.16. The summed E-state index contributed by atoms with van der Waals surface area (Å²) in [6.07, 6.45) is 0. The molecule has 4 rings (SSSR count). The summed E-state index contributed by atoms with van der Waals surface area (Å²) in [4.78, 5) is 18.0. The van der Waals surface area contributed by atoms with Gasteiger partial charge in [-0.3, -0.25) is 14.9 Å². The molecule has 0 aliphatic carbocycles. The Kier molecular flexibility index (Phi) is 5.63. The highest BCUT2D eigenvalue weighted by molar-refractivity contribution is 6.30. The SMILES string of the molecule is Cc1[nH]n(-c2ccccc2)c(=O)c1C(=NCc1ccc(F)cc1)c1ccc(Cl)cc1. The number of aromatic nitrogens is 2. The molecule has 3 aromatic carbocycles. The minimum atomic E-state index is -0.298. The van der Waals surface area contributed by atoms with Crippen molar-refractivity contribution < 1.29 is 4.39 Å². The average molecular weight is 420 g/mol. The zero-order valence-corrected chi connectivity index (χ0v) is 17.0. The van der Waals surface area contributed by atoms with Crippen molar-refractivity contribution in [2.45, 2.75) is 13.5 Å². The van der Waals surface area contributed by atoms with E-state index in [1.807, 2.05) is 49.4 Å². The number of rotatable bonds is 5. The monoisotopic (exact) mass is 419 g/mol. The highest BCUT2D eigenvalue weighted by Crippen LogP contribution is 2.17. The van der Waals surface area contributed by atoms with Gasteiger partial charge in [-0.25, -0.2) is 9.07 Å². The molecule has 150 valence electrons. The first-order valence-electron chi connectivity index (χ1n) is 9.45. The van der Waals surface area contributed by atoms with E-state index in [2.05, 4.69) is 5.10 Å². The van der Waals surface area contributed by atoms with E-state index in [4.69, 9.17) is 16.6 Å². The molecule has 0 saturated heterocycles. The average Bonchev–Trinajstić information content (AvgIpc) is 3.06. The van der Waals surface area contributed by atoms with Crippen molar-refractivity contribution in [3.8, 4) is 5.69 Å². The molecular weight excluding hydrogens is 401 g/mol. The Balaban J connectivity index is 1.83. The summed E-state index contributed by atoms with van der Waals surface area (Å²) in [7, 11) is 0. The number of hydrogen-bond donors (Lipinski definition) is 1. The maximum absolute atomic E-state index is 13.3. The summed E-state index contributed by atoms with van der Waals surface area (Å²) in [6, 6.07) is 22.7. The number of H-pyrrole nitrogens is 1. The molecule has 1 N–H and O–H groups in total. The Labute approximate surface area is 178 Å². The van der Waals surface area contributed by atoms with Gasteiger partial charge in [0.05, 0.1) is 23.5 Å². The molecule has 0 unspecified atom stereocenters. The van der Waals surface area contributed by atoms with Gasteiger partial charge in [0.1, 0.15) is 5.82 Å². The summed E-state index contributed by atoms with van der Waals surface area (Å²) in [5, 5.41) is 3.75. The summed E-state index contributed by atoms with van der Waals surface area (Å²) >= 11 is 6.05. The third kappa shape index (κ3) is 4.11. The predicted molar refractivity (Wildman–Crippen MR) is 118 cm³/mol. The maximum Gasteiger partial charge on any atom is 0.280 e. The van der Waals surface area contributed by atoms with Gasteiger partial charge in [0.2, 0.25) is 0 Å². The van der Waals surface area contributed by atoms with E-state index in [1.54, 1.807) is 24.3 Å². The Morgan fingerprint density at radius 1 is 1.00 bits per heavy atom. The number of nitrogens with one attached hydrogen (secondary N) is 1. The van der Waals surface area contributed by atoms with Crippen LogP contribution < -0.4 is 5.56 Å². The quantitative estimate of drug-likeness (QED) is 0.438. The Morgan fingerprint density at radius 2 is 1.67 bits per heavy atom. The van der Waals surface area contributed by atoms with Crippen LogP contribution in [0.4, 0.5) is 4.39 Å². The third-order valence-electron chi connectivity index (χ3n) is 4.77. The number of halogens is 2. The van der Waals surface area contributed by atoms with Crippen LogP contribution in [0.25, 0.3) is 5.69 Å². The minimum absolute atomic E-state index is 0.188. The van der Waals surface area contributed by atoms with Crippen LogP contribution in [0.1, 0.15) is 22.4 Å². The Morgan fingerprint density at radius 3 is 2.33 bits per heavy atom. The highest BCUT2D eigenvalue weighted by atomic mass is 35.5. The zero-order valence-electron chi connectivity index (χ0n) is 16.3. The normalized spacial score (nSPS) is 11.6. The summed E-state index contributed by atoms with van der Waals surface area (Å²) in [5.41, 5.74) is 3.93. The van der Waals surface area contributed by atoms with E-state index in [-0.39, 0.29) is 11.4 Å². The van der Waals surface area contributed by atoms with Crippen LogP contribution in [0.2, 0.25) is 5.02 Å². The van der Waals surface area contributed by atoms with Gasteiger partial charge in [-0.1, -0.05) is 54.1 Å². The Bertz CT molecular complexity index is 1240. The van der Waals surface area contributed by atoms with E-state index in [0.717, 1.165) is 16.8 Å². The fourth-order valence-electron chi connectivity index (χ4n) is 3.27. The van der Waals surface area contributed by atoms with Crippen LogP contribution in [0.5, 0.6) is 0 Å². The van der Waals surface area contributed by atoms with E-state index >= 15 is 0 Å². The second-order valence-electron chi connectivity index (χ2n) is 6.89. The predicted octanol–water partition coefficient (Wildman–Crippen LogP) is 5.30. The van der Waals surface area contributed by atoms with Crippen molar-refractivity contribution >= 4 is 17.3 Å². The number of aliphatic imine (C=N–C) groups is 1. The van der Waals surface area contributed by atoms with Crippen LogP contribution in [-0.4, -0.2) is 15.5 Å². The largest absolute Gasteiger partial charge is 0.295 e. The Hall–Kier alpha value is -3.44. The van der Waals surface area contributed by atoms with Crippen LogP contribution >= 0.6 is 11.6 Å². The molecule has 30 heavy (non-hydrogen) atoms. The molecule has 0 atom stereocenters. The van der Waals surface area contributed by atoms with E-state index in [9.17, 15) is 9.18 Å². The van der Waals surface area contributed by atoms with Crippen LogP contribution in [0.3, 0.4) is 0 Å². The first-order chi connectivity index (χ1) is 14.5. The number of hydrogen-bond acceptors (Lipinski definition) is 2. The third-order valence-corrected chi connectivity index (χ3v) is 5.03. The number of nitrogens with zero attached hydrogens (tertiary/aromatic N) is 2. The molecule has 6 heteroatoms. The van der Waals surface area contributed by atoms with Gasteiger partial charge in [0, 0.05) is 16.3 Å². The van der Waals surface area contributed by atoms with Gasteiger partial charge in [-0.05, 0) is 48.9 Å². The van der Waals surface area contributed by atoms with Crippen molar-refractivity contribution in [1.29, 1.82) is 0 Å². The fourth-order valence-corrected chi connectivity index (χ4v) is 3.39. The van der Waals surface area contributed by atoms with E-state index < -0.39 is 0 Å². The molecule has 0 spiro atoms. The highest BCUT2D eigenvalue weighted by Gasteiger charge is 2.19. The molecular formula is C24H19ClFN3O. The topological polar surface area (TPSA) is 50.1 Å². The molecule has 4 nitrogen and oxygen atoms in total. The molecule has 0 bridgehead atoms. The second kappa shape index (κ2) is 8.51. The molecule has 0 amide bonds. The van der Waals surface area contributed by atoms with E-state index in [1.165, 1.54) is 16.8 Å². The van der Waals surface area contributed by atoms with Crippen molar-refractivity contribution in [1.82, 2.24) is 9.78 Å². The molecule has 0 aliphatic rings. The van der Waals surface area contributed by atoms with Crippen LogP contribution in [0, 0.1) is 12.7 Å². The standard InChI is InChI=1S/C24H19ClFN3O/c1-16-22(24(30)29(28-16)21-5-3-2-4-6-21)23(18-9-11-19(25)12-10-18)27-15-17-7-13-20(26)14-8-17/h2-14,28H,15H2,1H3. The van der Waals surface area contributed by atoms with Gasteiger partial charge < -0.3 is 0 Å². The van der Waals surface area contributed by atoms with Crippen LogP contribution in [0.15, 0.2) is 88.6 Å². The lowest BCUT2D eigenvalue weighted by atomic mass is 10.0. The fraction of sp³-hybridized carbons (Fsp3) is 0.0833. The molecule has 4 aromatic rings. The maximum atomic E-state index is 13.3. The van der Waals surface area contributed by atoms with Crippen molar-refractivity contribution in [3.63, 3.8) is 0 Å².